The van der Waals surface area contributed by atoms with E-state index in [0.29, 0.717) is 17.2 Å². The van der Waals surface area contributed by atoms with E-state index in [2.05, 4.69) is 6.58 Å². The van der Waals surface area contributed by atoms with Crippen LogP contribution < -0.4 is 0 Å². The van der Waals surface area contributed by atoms with Crippen LogP contribution in [0.3, 0.4) is 0 Å². The highest BCUT2D eigenvalue weighted by Gasteiger charge is 2.36. The highest BCUT2D eigenvalue weighted by atomic mass is 35.5. The lowest BCUT2D eigenvalue weighted by Gasteiger charge is -2.24. The number of carbonyl (C=O) groups excluding carboxylic acids is 1. The first-order valence-electron chi connectivity index (χ1n) is 4.69. The second-order valence-corrected chi connectivity index (χ2v) is 4.26. The van der Waals surface area contributed by atoms with Crippen molar-refractivity contribution in [3.05, 3.63) is 23.3 Å². The summed E-state index contributed by atoms with van der Waals surface area (Å²) in [6.07, 6.45) is 1.66. The van der Waals surface area contributed by atoms with Crippen LogP contribution in [0.4, 0.5) is 0 Å². The van der Waals surface area contributed by atoms with Crippen molar-refractivity contribution in [2.45, 2.75) is 19.4 Å². The van der Waals surface area contributed by atoms with Crippen molar-refractivity contribution in [3.63, 3.8) is 0 Å². The van der Waals surface area contributed by atoms with Crippen LogP contribution in [0.1, 0.15) is 13.8 Å². The predicted octanol–water partition coefficient (Wildman–Crippen LogP) is 2.26. The first-order valence-corrected chi connectivity index (χ1v) is 5.06. The summed E-state index contributed by atoms with van der Waals surface area (Å²) in [5.41, 5.74) is -0.222. The number of esters is 1. The fourth-order valence-electron chi connectivity index (χ4n) is 1.33. The van der Waals surface area contributed by atoms with E-state index in [1.807, 2.05) is 0 Å². The molecule has 1 rings (SSSR count). The molecule has 0 N–H and O–H groups in total. The van der Waals surface area contributed by atoms with E-state index in [1.165, 1.54) is 0 Å². The molecule has 84 valence electrons. The van der Waals surface area contributed by atoms with Crippen molar-refractivity contribution in [3.8, 4) is 0 Å². The normalized spacial score (nSPS) is 25.1. The van der Waals surface area contributed by atoms with E-state index in [-0.39, 0.29) is 11.9 Å². The molecule has 4 heteroatoms. The van der Waals surface area contributed by atoms with Crippen LogP contribution in [-0.2, 0) is 14.3 Å². The van der Waals surface area contributed by atoms with Gasteiger partial charge in [0.1, 0.15) is 6.61 Å². The summed E-state index contributed by atoms with van der Waals surface area (Å²) in [5.74, 6) is -0.519. The van der Waals surface area contributed by atoms with E-state index in [1.54, 1.807) is 27.0 Å². The minimum Gasteiger partial charge on any atom is -0.461 e. The third-order valence-electron chi connectivity index (χ3n) is 2.54. The van der Waals surface area contributed by atoms with Gasteiger partial charge in [-0.1, -0.05) is 17.7 Å². The zero-order valence-corrected chi connectivity index (χ0v) is 9.93. The molecule has 1 fully saturated rings. The number of hydrogen-bond donors (Lipinski definition) is 0. The predicted molar refractivity (Wildman–Crippen MR) is 58.6 cm³/mol. The summed E-state index contributed by atoms with van der Waals surface area (Å²) in [6.45, 7) is 7.56. The van der Waals surface area contributed by atoms with Gasteiger partial charge in [0.25, 0.3) is 0 Å². The highest BCUT2D eigenvalue weighted by molar-refractivity contribution is 6.33. The standard InChI is InChI=1S/C11H15ClO3/c1-5-7-6-15-10(13)8(7)9(12)11(2,3)14-4/h5,7H,1,6H2,2-4H3/b9-8+. The van der Waals surface area contributed by atoms with Crippen LogP contribution in [0.5, 0.6) is 0 Å². The zero-order chi connectivity index (χ0) is 11.6. The van der Waals surface area contributed by atoms with E-state index in [4.69, 9.17) is 21.1 Å². The fraction of sp³-hybridized carbons (Fsp3) is 0.545. The molecule has 1 atom stereocenters. The zero-order valence-electron chi connectivity index (χ0n) is 9.17. The van der Waals surface area contributed by atoms with Gasteiger partial charge >= 0.3 is 5.97 Å². The Bertz CT molecular complexity index is 318. The molecule has 0 aromatic rings. The van der Waals surface area contributed by atoms with Gasteiger partial charge in [0.2, 0.25) is 0 Å². The molecule has 0 aromatic carbocycles. The molecule has 1 aliphatic heterocycles. The van der Waals surface area contributed by atoms with E-state index >= 15 is 0 Å². The maximum Gasteiger partial charge on any atom is 0.336 e. The van der Waals surface area contributed by atoms with Crippen molar-refractivity contribution >= 4 is 17.6 Å². The molecule has 15 heavy (non-hydrogen) atoms. The Morgan fingerprint density at radius 1 is 1.73 bits per heavy atom. The molecule has 0 saturated carbocycles. The minimum absolute atomic E-state index is 0.139. The van der Waals surface area contributed by atoms with Crippen molar-refractivity contribution in [2.24, 2.45) is 5.92 Å². The summed E-state index contributed by atoms with van der Waals surface area (Å²) in [7, 11) is 1.55. The van der Waals surface area contributed by atoms with E-state index in [9.17, 15) is 4.79 Å². The molecule has 0 bridgehead atoms. The topological polar surface area (TPSA) is 35.5 Å². The number of cyclic esters (lactones) is 1. The third kappa shape index (κ3) is 2.24. The lowest BCUT2D eigenvalue weighted by Crippen LogP contribution is -2.25. The third-order valence-corrected chi connectivity index (χ3v) is 3.20. The summed E-state index contributed by atoms with van der Waals surface area (Å²) < 4.78 is 10.1. The average molecular weight is 231 g/mol. The van der Waals surface area contributed by atoms with Crippen LogP contribution in [0.2, 0.25) is 0 Å². The largest absolute Gasteiger partial charge is 0.461 e. The molecule has 1 heterocycles. The maximum absolute atomic E-state index is 11.5. The molecule has 0 spiro atoms. The van der Waals surface area contributed by atoms with E-state index in [0.717, 1.165) is 0 Å². The quantitative estimate of drug-likeness (QED) is 0.424. The Balaban J connectivity index is 3.16. The number of ether oxygens (including phenoxy) is 2. The Kier molecular flexibility index (Phi) is 3.58. The summed E-state index contributed by atoms with van der Waals surface area (Å²) in [4.78, 5) is 11.5. The molecule has 1 aliphatic rings. The maximum atomic E-state index is 11.5. The van der Waals surface area contributed by atoms with Gasteiger partial charge in [-0.25, -0.2) is 4.79 Å². The van der Waals surface area contributed by atoms with Gasteiger partial charge in [0.15, 0.2) is 0 Å². The number of hydrogen-bond acceptors (Lipinski definition) is 3. The molecule has 0 aromatic heterocycles. The Morgan fingerprint density at radius 3 is 2.80 bits per heavy atom. The van der Waals surface area contributed by atoms with Crippen LogP contribution >= 0.6 is 11.6 Å². The molecule has 0 radical (unpaired) electrons. The fourth-order valence-corrected chi connectivity index (χ4v) is 1.62. The number of rotatable bonds is 3. The van der Waals surface area contributed by atoms with Crippen LogP contribution in [0.25, 0.3) is 0 Å². The van der Waals surface area contributed by atoms with Crippen LogP contribution in [-0.4, -0.2) is 25.3 Å². The smallest absolute Gasteiger partial charge is 0.336 e. The summed E-state index contributed by atoms with van der Waals surface area (Å²) >= 11 is 6.15. The monoisotopic (exact) mass is 230 g/mol. The molecule has 3 nitrogen and oxygen atoms in total. The number of methoxy groups -OCH3 is 1. The summed E-state index contributed by atoms with van der Waals surface area (Å²) in [5, 5.41) is 0.386. The van der Waals surface area contributed by atoms with Gasteiger partial charge in [0, 0.05) is 13.0 Å². The molecular formula is C11H15ClO3. The van der Waals surface area contributed by atoms with Gasteiger partial charge in [-0.2, -0.15) is 0 Å². The van der Waals surface area contributed by atoms with Crippen LogP contribution in [0, 0.1) is 5.92 Å². The molecule has 0 aliphatic carbocycles. The Labute approximate surface area is 94.7 Å². The van der Waals surface area contributed by atoms with Gasteiger partial charge < -0.3 is 9.47 Å². The van der Waals surface area contributed by atoms with Gasteiger partial charge in [-0.15, -0.1) is 6.58 Å². The minimum atomic E-state index is -0.679. The number of carbonyl (C=O) groups is 1. The SMILES string of the molecule is C=CC1COC(=O)/C1=C(/Cl)C(C)(C)OC. The Morgan fingerprint density at radius 2 is 2.33 bits per heavy atom. The average Bonchev–Trinajstić information content (AvgIpc) is 2.58. The van der Waals surface area contributed by atoms with Crippen molar-refractivity contribution in [2.75, 3.05) is 13.7 Å². The lowest BCUT2D eigenvalue weighted by atomic mass is 9.96. The van der Waals surface area contributed by atoms with Crippen LogP contribution in [0.15, 0.2) is 23.3 Å². The van der Waals surface area contributed by atoms with Crippen molar-refractivity contribution in [1.82, 2.24) is 0 Å². The van der Waals surface area contributed by atoms with Gasteiger partial charge in [0.05, 0.1) is 16.2 Å². The number of halogens is 1. The van der Waals surface area contributed by atoms with E-state index < -0.39 is 5.60 Å². The molecule has 1 unspecified atom stereocenters. The van der Waals surface area contributed by atoms with Crippen molar-refractivity contribution in [1.29, 1.82) is 0 Å². The molecule has 1 saturated heterocycles. The van der Waals surface area contributed by atoms with Gasteiger partial charge in [-0.3, -0.25) is 0 Å². The second kappa shape index (κ2) is 4.37. The van der Waals surface area contributed by atoms with Gasteiger partial charge in [-0.05, 0) is 13.8 Å². The highest BCUT2D eigenvalue weighted by Crippen LogP contribution is 2.34. The summed E-state index contributed by atoms with van der Waals surface area (Å²) in [6, 6.07) is 0. The molecular weight excluding hydrogens is 216 g/mol. The Hall–Kier alpha value is -0.800. The first-order chi connectivity index (χ1) is 6.94. The lowest BCUT2D eigenvalue weighted by molar-refractivity contribution is -0.135. The second-order valence-electron chi connectivity index (χ2n) is 3.88. The van der Waals surface area contributed by atoms with Crippen molar-refractivity contribution < 1.29 is 14.3 Å². The molecule has 0 amide bonds. The first kappa shape index (κ1) is 12.3.